The first-order valence-electron chi connectivity index (χ1n) is 8.30. The largest absolute Gasteiger partial charge is 0.359 e. The van der Waals surface area contributed by atoms with E-state index in [1.807, 2.05) is 19.1 Å². The summed E-state index contributed by atoms with van der Waals surface area (Å²) >= 11 is 0. The molecule has 3 rings (SSSR count). The third-order valence-corrected chi connectivity index (χ3v) is 3.98. The standard InChI is InChI=1S/C18H20N6O2/c1-12-15-4-3-9-20-18(15)24(23-12)11-17(26)22-14-6-5-13(21-10-14)7-8-16(25)19-2/h3-6,9-10H,7-8,11H2,1-2H3,(H,19,25)(H,22,26). The van der Waals surface area contributed by atoms with E-state index in [2.05, 4.69) is 25.7 Å². The van der Waals surface area contributed by atoms with Crippen LogP contribution < -0.4 is 10.6 Å². The lowest BCUT2D eigenvalue weighted by molar-refractivity contribution is -0.120. The number of pyridine rings is 2. The topological polar surface area (TPSA) is 102 Å². The predicted molar refractivity (Wildman–Crippen MR) is 97.5 cm³/mol. The molecule has 3 aromatic rings. The van der Waals surface area contributed by atoms with Crippen molar-refractivity contribution >= 4 is 28.5 Å². The van der Waals surface area contributed by atoms with Crippen molar-refractivity contribution < 1.29 is 9.59 Å². The molecule has 2 N–H and O–H groups in total. The molecule has 0 unspecified atom stereocenters. The first-order chi connectivity index (χ1) is 12.6. The highest BCUT2D eigenvalue weighted by Gasteiger charge is 2.11. The van der Waals surface area contributed by atoms with Crippen molar-refractivity contribution in [3.05, 3.63) is 48.0 Å². The molecule has 0 aliphatic rings. The van der Waals surface area contributed by atoms with Gasteiger partial charge >= 0.3 is 0 Å². The first-order valence-corrected chi connectivity index (χ1v) is 8.30. The lowest BCUT2D eigenvalue weighted by atomic mass is 10.2. The fourth-order valence-corrected chi connectivity index (χ4v) is 2.63. The molecule has 0 fully saturated rings. The minimum absolute atomic E-state index is 0.0282. The molecule has 0 spiro atoms. The van der Waals surface area contributed by atoms with Gasteiger partial charge < -0.3 is 10.6 Å². The van der Waals surface area contributed by atoms with Gasteiger partial charge in [-0.3, -0.25) is 14.6 Å². The molecule has 0 saturated carbocycles. The van der Waals surface area contributed by atoms with Crippen LogP contribution in [0.5, 0.6) is 0 Å². The van der Waals surface area contributed by atoms with Gasteiger partial charge in [-0.05, 0) is 37.6 Å². The van der Waals surface area contributed by atoms with Gasteiger partial charge in [0.05, 0.1) is 17.6 Å². The second kappa shape index (κ2) is 7.73. The van der Waals surface area contributed by atoms with Crippen LogP contribution >= 0.6 is 0 Å². The number of nitrogens with zero attached hydrogens (tertiary/aromatic N) is 4. The van der Waals surface area contributed by atoms with Crippen molar-refractivity contribution in [2.45, 2.75) is 26.3 Å². The van der Waals surface area contributed by atoms with Crippen molar-refractivity contribution in [3.63, 3.8) is 0 Å². The van der Waals surface area contributed by atoms with E-state index < -0.39 is 0 Å². The molecule has 0 aromatic carbocycles. The number of carbonyl (C=O) groups is 2. The van der Waals surface area contributed by atoms with Crippen molar-refractivity contribution in [1.29, 1.82) is 0 Å². The zero-order valence-electron chi connectivity index (χ0n) is 14.7. The van der Waals surface area contributed by atoms with Crippen LogP contribution in [-0.4, -0.2) is 38.6 Å². The second-order valence-electron chi connectivity index (χ2n) is 5.88. The van der Waals surface area contributed by atoms with E-state index in [9.17, 15) is 9.59 Å². The second-order valence-corrected chi connectivity index (χ2v) is 5.88. The summed E-state index contributed by atoms with van der Waals surface area (Å²) in [5.41, 5.74) is 2.91. The zero-order chi connectivity index (χ0) is 18.5. The summed E-state index contributed by atoms with van der Waals surface area (Å²) in [5, 5.41) is 10.7. The Balaban J connectivity index is 1.62. The average Bonchev–Trinajstić information content (AvgIpc) is 2.96. The quantitative estimate of drug-likeness (QED) is 0.699. The molecule has 0 aliphatic heterocycles. The van der Waals surface area contributed by atoms with Crippen molar-refractivity contribution in [1.82, 2.24) is 25.1 Å². The maximum Gasteiger partial charge on any atom is 0.246 e. The minimum Gasteiger partial charge on any atom is -0.359 e. The molecule has 8 nitrogen and oxygen atoms in total. The molecule has 2 amide bonds. The van der Waals surface area contributed by atoms with Crippen molar-refractivity contribution in [3.8, 4) is 0 Å². The number of amides is 2. The monoisotopic (exact) mass is 352 g/mol. The summed E-state index contributed by atoms with van der Waals surface area (Å²) in [6.07, 6.45) is 4.20. The minimum atomic E-state index is -0.208. The van der Waals surface area contributed by atoms with Gasteiger partial charge in [0.1, 0.15) is 6.54 Å². The first kappa shape index (κ1) is 17.5. The number of aryl methyl sites for hydroxylation is 2. The third-order valence-electron chi connectivity index (χ3n) is 3.98. The third kappa shape index (κ3) is 4.02. The Kier molecular flexibility index (Phi) is 5.21. The van der Waals surface area contributed by atoms with Gasteiger partial charge in [-0.1, -0.05) is 0 Å². The van der Waals surface area contributed by atoms with E-state index in [4.69, 9.17) is 0 Å². The van der Waals surface area contributed by atoms with Crippen LogP contribution in [0.1, 0.15) is 17.8 Å². The fraction of sp³-hybridized carbons (Fsp3) is 0.278. The molecule has 134 valence electrons. The smallest absolute Gasteiger partial charge is 0.246 e. The van der Waals surface area contributed by atoms with Crippen LogP contribution in [-0.2, 0) is 22.6 Å². The Labute approximate surface area is 150 Å². The molecular formula is C18H20N6O2. The average molecular weight is 352 g/mol. The Morgan fingerprint density at radius 1 is 1.15 bits per heavy atom. The van der Waals surface area contributed by atoms with Gasteiger partial charge in [-0.15, -0.1) is 0 Å². The maximum absolute atomic E-state index is 12.3. The normalized spacial score (nSPS) is 10.7. The summed E-state index contributed by atoms with van der Waals surface area (Å²) < 4.78 is 1.59. The highest BCUT2D eigenvalue weighted by Crippen LogP contribution is 2.15. The number of anilines is 1. The van der Waals surface area contributed by atoms with Gasteiger partial charge in [0, 0.05) is 30.7 Å². The van der Waals surface area contributed by atoms with E-state index in [0.717, 1.165) is 16.8 Å². The summed E-state index contributed by atoms with van der Waals surface area (Å²) in [7, 11) is 1.61. The molecule has 3 heterocycles. The van der Waals surface area contributed by atoms with Crippen LogP contribution in [0.4, 0.5) is 5.69 Å². The predicted octanol–water partition coefficient (Wildman–Crippen LogP) is 1.45. The van der Waals surface area contributed by atoms with E-state index in [-0.39, 0.29) is 18.4 Å². The van der Waals surface area contributed by atoms with Gasteiger partial charge in [0.25, 0.3) is 0 Å². The number of hydrogen-bond acceptors (Lipinski definition) is 5. The highest BCUT2D eigenvalue weighted by molar-refractivity contribution is 5.91. The molecule has 3 aromatic heterocycles. The van der Waals surface area contributed by atoms with Crippen LogP contribution in [0, 0.1) is 6.92 Å². The van der Waals surface area contributed by atoms with Gasteiger partial charge in [-0.2, -0.15) is 5.10 Å². The molecule has 0 bridgehead atoms. The SMILES string of the molecule is CNC(=O)CCc1ccc(NC(=O)Cn2nc(C)c3cccnc32)cn1. The summed E-state index contributed by atoms with van der Waals surface area (Å²) in [6.45, 7) is 1.96. The lowest BCUT2D eigenvalue weighted by Gasteiger charge is -2.07. The maximum atomic E-state index is 12.3. The Morgan fingerprint density at radius 2 is 2.00 bits per heavy atom. The Bertz CT molecular complexity index is 933. The van der Waals surface area contributed by atoms with Crippen LogP contribution in [0.15, 0.2) is 36.7 Å². The van der Waals surface area contributed by atoms with Crippen molar-refractivity contribution in [2.75, 3.05) is 12.4 Å². The molecule has 0 radical (unpaired) electrons. The molecule has 26 heavy (non-hydrogen) atoms. The molecule has 0 atom stereocenters. The lowest BCUT2D eigenvalue weighted by Crippen LogP contribution is -2.20. The highest BCUT2D eigenvalue weighted by atomic mass is 16.2. The summed E-state index contributed by atoms with van der Waals surface area (Å²) in [4.78, 5) is 32.1. The van der Waals surface area contributed by atoms with Gasteiger partial charge in [-0.25, -0.2) is 9.67 Å². The van der Waals surface area contributed by atoms with E-state index in [1.165, 1.54) is 0 Å². The van der Waals surface area contributed by atoms with Gasteiger partial charge in [0.2, 0.25) is 11.8 Å². The molecular weight excluding hydrogens is 332 g/mol. The molecule has 8 heteroatoms. The summed E-state index contributed by atoms with van der Waals surface area (Å²) in [6, 6.07) is 7.35. The van der Waals surface area contributed by atoms with Gasteiger partial charge in [0.15, 0.2) is 5.65 Å². The fourth-order valence-electron chi connectivity index (χ4n) is 2.63. The number of hydrogen-bond donors (Lipinski definition) is 2. The number of rotatable bonds is 6. The van der Waals surface area contributed by atoms with E-state index in [1.54, 1.807) is 36.3 Å². The van der Waals surface area contributed by atoms with Crippen molar-refractivity contribution in [2.24, 2.45) is 0 Å². The molecule has 0 saturated heterocycles. The van der Waals surface area contributed by atoms with Crippen LogP contribution in [0.2, 0.25) is 0 Å². The number of fused-ring (bicyclic) bond motifs is 1. The number of carbonyl (C=O) groups excluding carboxylic acids is 2. The van der Waals surface area contributed by atoms with Crippen LogP contribution in [0.25, 0.3) is 11.0 Å². The zero-order valence-corrected chi connectivity index (χ0v) is 14.7. The Hall–Kier alpha value is -3.29. The van der Waals surface area contributed by atoms with Crippen LogP contribution in [0.3, 0.4) is 0 Å². The number of aromatic nitrogens is 4. The van der Waals surface area contributed by atoms with E-state index >= 15 is 0 Å². The Morgan fingerprint density at radius 3 is 2.73 bits per heavy atom. The number of nitrogens with one attached hydrogen (secondary N) is 2. The summed E-state index contributed by atoms with van der Waals surface area (Å²) in [5.74, 6) is -0.237. The molecule has 0 aliphatic carbocycles. The van der Waals surface area contributed by atoms with E-state index in [0.29, 0.717) is 24.2 Å².